The third kappa shape index (κ3) is 3.63. The summed E-state index contributed by atoms with van der Waals surface area (Å²) in [7, 11) is 0. The molecule has 1 saturated carbocycles. The molecule has 1 N–H and O–H groups in total. The number of rotatable bonds is 5. The van der Waals surface area contributed by atoms with Crippen LogP contribution < -0.4 is 5.32 Å². The average molecular weight is 286 g/mol. The minimum absolute atomic E-state index is 0.653. The lowest BCUT2D eigenvalue weighted by atomic mass is 9.94. The Bertz CT molecular complexity index is 392. The molecule has 0 amide bonds. The second kappa shape index (κ2) is 6.79. The predicted octanol–water partition coefficient (Wildman–Crippen LogP) is 4.70. The summed E-state index contributed by atoms with van der Waals surface area (Å²) >= 11 is 12.3. The van der Waals surface area contributed by atoms with Gasteiger partial charge in [-0.15, -0.1) is 0 Å². The van der Waals surface area contributed by atoms with Gasteiger partial charge >= 0.3 is 0 Å². The van der Waals surface area contributed by atoms with Crippen LogP contribution in [0.1, 0.15) is 38.2 Å². The third-order valence-corrected chi connectivity index (χ3v) is 4.41. The monoisotopic (exact) mass is 285 g/mol. The summed E-state index contributed by atoms with van der Waals surface area (Å²) in [6.45, 7) is 3.33. The van der Waals surface area contributed by atoms with E-state index in [1.165, 1.54) is 31.2 Å². The van der Waals surface area contributed by atoms with Gasteiger partial charge < -0.3 is 5.32 Å². The van der Waals surface area contributed by atoms with Gasteiger partial charge in [-0.1, -0.05) is 36.5 Å². The fraction of sp³-hybridized carbons (Fsp3) is 0.600. The molecule has 1 aromatic rings. The second-order valence-corrected chi connectivity index (χ2v) is 6.04. The summed E-state index contributed by atoms with van der Waals surface area (Å²) in [5.74, 6) is 0.701. The number of hydrogen-bond donors (Lipinski definition) is 1. The van der Waals surface area contributed by atoms with Crippen molar-refractivity contribution in [1.29, 1.82) is 0 Å². The summed E-state index contributed by atoms with van der Waals surface area (Å²) in [6.07, 6.45) is 6.15. The molecule has 18 heavy (non-hydrogen) atoms. The maximum atomic E-state index is 6.25. The molecule has 1 fully saturated rings. The van der Waals surface area contributed by atoms with Crippen molar-refractivity contribution in [1.82, 2.24) is 5.32 Å². The first kappa shape index (κ1) is 14.2. The summed E-state index contributed by atoms with van der Waals surface area (Å²) < 4.78 is 0. The van der Waals surface area contributed by atoms with E-state index in [1.54, 1.807) is 0 Å². The zero-order valence-corrected chi connectivity index (χ0v) is 12.4. The van der Waals surface area contributed by atoms with Gasteiger partial charge in [0.2, 0.25) is 0 Å². The quantitative estimate of drug-likeness (QED) is 0.827. The van der Waals surface area contributed by atoms with Crippen molar-refractivity contribution >= 4 is 23.2 Å². The highest BCUT2D eigenvalue weighted by Crippen LogP contribution is 2.32. The molecule has 0 heterocycles. The van der Waals surface area contributed by atoms with Crippen molar-refractivity contribution in [3.63, 3.8) is 0 Å². The van der Waals surface area contributed by atoms with E-state index in [4.69, 9.17) is 23.2 Å². The molecule has 0 aromatic heterocycles. The molecule has 1 aliphatic rings. The first-order valence-electron chi connectivity index (χ1n) is 6.88. The molecule has 0 radical (unpaired) electrons. The van der Waals surface area contributed by atoms with Crippen molar-refractivity contribution in [3.8, 4) is 0 Å². The Labute approximate surface area is 120 Å². The fourth-order valence-electron chi connectivity index (χ4n) is 2.86. The van der Waals surface area contributed by atoms with E-state index in [-0.39, 0.29) is 0 Å². The van der Waals surface area contributed by atoms with Gasteiger partial charge in [-0.05, 0) is 61.9 Å². The predicted molar refractivity (Wildman–Crippen MR) is 79.6 cm³/mol. The normalized spacial score (nSPS) is 23.5. The van der Waals surface area contributed by atoms with Crippen LogP contribution in [0.15, 0.2) is 18.2 Å². The molecule has 1 nitrogen and oxygen atoms in total. The summed E-state index contributed by atoms with van der Waals surface area (Å²) in [5, 5.41) is 5.29. The number of nitrogens with one attached hydrogen (secondary N) is 1. The maximum Gasteiger partial charge on any atom is 0.0439 e. The van der Waals surface area contributed by atoms with Gasteiger partial charge in [0.05, 0.1) is 0 Å². The largest absolute Gasteiger partial charge is 0.314 e. The van der Waals surface area contributed by atoms with Crippen molar-refractivity contribution in [2.45, 2.75) is 45.1 Å². The first-order chi connectivity index (χ1) is 8.70. The van der Waals surface area contributed by atoms with Crippen LogP contribution in [0.25, 0.3) is 0 Å². The molecule has 0 spiro atoms. The molecule has 2 atom stereocenters. The summed E-state index contributed by atoms with van der Waals surface area (Å²) in [5.41, 5.74) is 1.19. The van der Waals surface area contributed by atoms with Gasteiger partial charge in [-0.25, -0.2) is 0 Å². The highest BCUT2D eigenvalue weighted by molar-refractivity contribution is 6.33. The van der Waals surface area contributed by atoms with Crippen molar-refractivity contribution in [2.75, 3.05) is 6.54 Å². The molecule has 2 unspecified atom stereocenters. The van der Waals surface area contributed by atoms with Crippen LogP contribution >= 0.6 is 23.2 Å². The van der Waals surface area contributed by atoms with E-state index in [9.17, 15) is 0 Å². The topological polar surface area (TPSA) is 12.0 Å². The van der Waals surface area contributed by atoms with Crippen LogP contribution in [0, 0.1) is 5.92 Å². The summed E-state index contributed by atoms with van der Waals surface area (Å²) in [4.78, 5) is 0. The van der Waals surface area contributed by atoms with Crippen LogP contribution in [0.4, 0.5) is 0 Å². The molecule has 1 aromatic carbocycles. The second-order valence-electron chi connectivity index (χ2n) is 5.19. The maximum absolute atomic E-state index is 6.25. The minimum atomic E-state index is 0.653. The molecule has 100 valence electrons. The Balaban J connectivity index is 2.01. The van der Waals surface area contributed by atoms with E-state index >= 15 is 0 Å². The zero-order valence-electron chi connectivity index (χ0n) is 10.9. The Morgan fingerprint density at radius 1 is 1.28 bits per heavy atom. The van der Waals surface area contributed by atoms with Gasteiger partial charge in [-0.2, -0.15) is 0 Å². The molecular formula is C15H21Cl2N. The Hall–Kier alpha value is -0.240. The molecule has 1 aliphatic carbocycles. The Kier molecular flexibility index (Phi) is 5.35. The van der Waals surface area contributed by atoms with Crippen LogP contribution in [0.3, 0.4) is 0 Å². The fourth-order valence-corrected chi connectivity index (χ4v) is 3.25. The van der Waals surface area contributed by atoms with Gasteiger partial charge in [0.1, 0.15) is 0 Å². The number of hydrogen-bond acceptors (Lipinski definition) is 1. The lowest BCUT2D eigenvalue weighted by Crippen LogP contribution is -2.33. The van der Waals surface area contributed by atoms with E-state index in [1.807, 2.05) is 18.2 Å². The van der Waals surface area contributed by atoms with Crippen molar-refractivity contribution < 1.29 is 0 Å². The van der Waals surface area contributed by atoms with Gasteiger partial charge in [0.25, 0.3) is 0 Å². The summed E-state index contributed by atoms with van der Waals surface area (Å²) in [6, 6.07) is 6.43. The first-order valence-corrected chi connectivity index (χ1v) is 7.63. The standard InChI is InChI=1S/C15H21Cl2N/c1-2-8-18-15-5-3-4-11(15)9-12-10-13(16)6-7-14(12)17/h6-7,10-11,15,18H,2-5,8-9H2,1H3. The van der Waals surface area contributed by atoms with Gasteiger partial charge in [0, 0.05) is 16.1 Å². The SMILES string of the molecule is CCCNC1CCCC1Cc1cc(Cl)ccc1Cl. The smallest absolute Gasteiger partial charge is 0.0439 e. The van der Waals surface area contributed by atoms with Crippen molar-refractivity contribution in [2.24, 2.45) is 5.92 Å². The molecule has 0 bridgehead atoms. The molecule has 3 heteroatoms. The van der Waals surface area contributed by atoms with Crippen LogP contribution in [-0.2, 0) is 6.42 Å². The highest BCUT2D eigenvalue weighted by atomic mass is 35.5. The number of benzene rings is 1. The highest BCUT2D eigenvalue weighted by Gasteiger charge is 2.27. The lowest BCUT2D eigenvalue weighted by Gasteiger charge is -2.21. The van der Waals surface area contributed by atoms with Gasteiger partial charge in [-0.3, -0.25) is 0 Å². The minimum Gasteiger partial charge on any atom is -0.314 e. The van der Waals surface area contributed by atoms with Crippen LogP contribution in [0.2, 0.25) is 10.0 Å². The average Bonchev–Trinajstić information content (AvgIpc) is 2.79. The molecule has 2 rings (SSSR count). The van der Waals surface area contributed by atoms with Gasteiger partial charge in [0.15, 0.2) is 0 Å². The van der Waals surface area contributed by atoms with E-state index in [2.05, 4.69) is 12.2 Å². The van der Waals surface area contributed by atoms with E-state index < -0.39 is 0 Å². The van der Waals surface area contributed by atoms with Crippen LogP contribution in [-0.4, -0.2) is 12.6 Å². The third-order valence-electron chi connectivity index (χ3n) is 3.81. The molecule has 0 saturated heterocycles. The Morgan fingerprint density at radius 3 is 2.89 bits per heavy atom. The number of halogens is 2. The Morgan fingerprint density at radius 2 is 2.11 bits per heavy atom. The van der Waals surface area contributed by atoms with Crippen LogP contribution in [0.5, 0.6) is 0 Å². The molecular weight excluding hydrogens is 265 g/mol. The van der Waals surface area contributed by atoms with E-state index in [0.29, 0.717) is 12.0 Å². The molecule has 0 aliphatic heterocycles. The van der Waals surface area contributed by atoms with E-state index in [0.717, 1.165) is 23.0 Å². The lowest BCUT2D eigenvalue weighted by molar-refractivity contribution is 0.399. The zero-order chi connectivity index (χ0) is 13.0. The van der Waals surface area contributed by atoms with Crippen molar-refractivity contribution in [3.05, 3.63) is 33.8 Å².